The van der Waals surface area contributed by atoms with Crippen LogP contribution in [0.1, 0.15) is 108 Å². The first kappa shape index (κ1) is 31.7. The molecule has 1 saturated heterocycles. The lowest BCUT2D eigenvalue weighted by Crippen LogP contribution is -2.63. The molecule has 5 aliphatic rings. The first-order chi connectivity index (χ1) is 21.1. The van der Waals surface area contributed by atoms with Crippen molar-refractivity contribution >= 4 is 17.7 Å². The Labute approximate surface area is 263 Å². The second-order valence-corrected chi connectivity index (χ2v) is 15.1. The molecule has 1 heterocycles. The lowest BCUT2D eigenvalue weighted by molar-refractivity contribution is -0.258. The molecule has 7 nitrogen and oxygen atoms in total. The van der Waals surface area contributed by atoms with Crippen LogP contribution in [-0.2, 0) is 28.5 Å². The van der Waals surface area contributed by atoms with E-state index in [1.807, 2.05) is 30.3 Å². The number of hydrogen-bond acceptors (Lipinski definition) is 7. The number of Topliss-reactive ketones (excluding diaryl/α,β-unsaturated/α-hetero) is 1. The maximum absolute atomic E-state index is 13.7. The van der Waals surface area contributed by atoms with Crippen LogP contribution in [0.25, 0.3) is 0 Å². The van der Waals surface area contributed by atoms with Gasteiger partial charge in [-0.25, -0.2) is 4.79 Å². The van der Waals surface area contributed by atoms with Gasteiger partial charge in [0.1, 0.15) is 11.9 Å². The molecule has 11 atom stereocenters. The van der Waals surface area contributed by atoms with E-state index in [0.717, 1.165) is 64.4 Å². The van der Waals surface area contributed by atoms with Gasteiger partial charge in [0, 0.05) is 31.3 Å². The summed E-state index contributed by atoms with van der Waals surface area (Å²) in [6.07, 6.45) is 9.76. The smallest absolute Gasteiger partial charge is 0.338 e. The molecule has 0 bridgehead atoms. The zero-order valence-corrected chi connectivity index (χ0v) is 27.1. The van der Waals surface area contributed by atoms with Gasteiger partial charge < -0.3 is 18.9 Å². The van der Waals surface area contributed by atoms with Gasteiger partial charge in [0.15, 0.2) is 6.29 Å². The molecule has 0 radical (unpaired) electrons. The highest BCUT2D eigenvalue weighted by Gasteiger charge is 2.67. The average Bonchev–Trinajstić information content (AvgIpc) is 3.39. The third-order valence-electron chi connectivity index (χ3n) is 13.1. The van der Waals surface area contributed by atoms with Crippen molar-refractivity contribution in [3.8, 4) is 0 Å². The van der Waals surface area contributed by atoms with Crippen LogP contribution in [0.5, 0.6) is 0 Å². The predicted octanol–water partition coefficient (Wildman–Crippen LogP) is 7.16. The van der Waals surface area contributed by atoms with Crippen molar-refractivity contribution in [1.82, 2.24) is 0 Å². The third kappa shape index (κ3) is 5.77. The molecule has 1 aromatic rings. The van der Waals surface area contributed by atoms with E-state index in [9.17, 15) is 14.4 Å². The highest BCUT2D eigenvalue weighted by molar-refractivity contribution is 5.89. The zero-order chi connectivity index (χ0) is 31.1. The molecule has 6 rings (SSSR count). The summed E-state index contributed by atoms with van der Waals surface area (Å²) >= 11 is 0. The summed E-state index contributed by atoms with van der Waals surface area (Å²) in [5, 5.41) is 0. The minimum Gasteiger partial charge on any atom is -0.469 e. The van der Waals surface area contributed by atoms with Crippen molar-refractivity contribution in [2.45, 2.75) is 116 Å². The number of benzene rings is 1. The van der Waals surface area contributed by atoms with E-state index < -0.39 is 0 Å². The van der Waals surface area contributed by atoms with Crippen LogP contribution < -0.4 is 0 Å². The van der Waals surface area contributed by atoms with Gasteiger partial charge in [-0.1, -0.05) is 39.0 Å². The van der Waals surface area contributed by atoms with Crippen molar-refractivity contribution in [3.63, 3.8) is 0 Å². The number of ether oxygens (including phenoxy) is 4. The topological polar surface area (TPSA) is 88.1 Å². The molecule has 242 valence electrons. The van der Waals surface area contributed by atoms with E-state index >= 15 is 0 Å². The van der Waals surface area contributed by atoms with Gasteiger partial charge in [0.2, 0.25) is 0 Å². The Morgan fingerprint density at radius 1 is 1.05 bits per heavy atom. The highest BCUT2D eigenvalue weighted by atomic mass is 16.7. The van der Waals surface area contributed by atoms with Crippen LogP contribution in [0.3, 0.4) is 0 Å². The van der Waals surface area contributed by atoms with Crippen LogP contribution in [0.4, 0.5) is 0 Å². The molecule has 0 aromatic heterocycles. The molecule has 44 heavy (non-hydrogen) atoms. The molecule has 0 N–H and O–H groups in total. The number of esters is 2. The fraction of sp³-hybridized carbons (Fsp3) is 0.757. The van der Waals surface area contributed by atoms with Crippen LogP contribution in [0.15, 0.2) is 30.3 Å². The Bertz CT molecular complexity index is 1190. The van der Waals surface area contributed by atoms with Crippen LogP contribution in [0, 0.1) is 46.3 Å². The average molecular weight is 609 g/mol. The number of carbonyl (C=O) groups excluding carboxylic acids is 3. The van der Waals surface area contributed by atoms with Gasteiger partial charge in [0.05, 0.1) is 18.8 Å². The standard InChI is InChI=1S/C37H52O7/c1-23(13-16-32(39)41-4)27-14-15-28-34-29(22-31(37(27,28)3)44-35(40)24-10-6-5-7-11-24)36(2)18-17-26(38)20-25(36)21-30(34)43-33-12-8-9-19-42-33/h5-7,10-11,23,25,27-31,33-34H,8-9,12-22H2,1-4H3/t23?,25?,27?,28?,29?,30-,31+,33?,34?,36+,37-/m1/s1. The second-order valence-electron chi connectivity index (χ2n) is 15.1. The van der Waals surface area contributed by atoms with E-state index in [1.165, 1.54) is 7.11 Å². The Morgan fingerprint density at radius 2 is 1.84 bits per heavy atom. The number of fused-ring (bicyclic) bond motifs is 5. The summed E-state index contributed by atoms with van der Waals surface area (Å²) in [6, 6.07) is 9.34. The lowest BCUT2D eigenvalue weighted by atomic mass is 9.43. The monoisotopic (exact) mass is 608 g/mol. The van der Waals surface area contributed by atoms with Gasteiger partial charge in [-0.3, -0.25) is 9.59 Å². The summed E-state index contributed by atoms with van der Waals surface area (Å²) in [7, 11) is 1.45. The Hall–Kier alpha value is -2.25. The van der Waals surface area contributed by atoms with Crippen molar-refractivity contribution in [2.24, 2.45) is 46.3 Å². The number of hydrogen-bond donors (Lipinski definition) is 0. The van der Waals surface area contributed by atoms with Crippen molar-refractivity contribution in [3.05, 3.63) is 35.9 Å². The van der Waals surface area contributed by atoms with Gasteiger partial charge >= 0.3 is 11.9 Å². The summed E-state index contributed by atoms with van der Waals surface area (Å²) in [4.78, 5) is 38.6. The van der Waals surface area contributed by atoms with E-state index in [2.05, 4.69) is 20.8 Å². The highest BCUT2D eigenvalue weighted by Crippen LogP contribution is 2.69. The number of rotatable bonds is 8. The molecule has 1 aliphatic heterocycles. The molecule has 1 aromatic carbocycles. The maximum Gasteiger partial charge on any atom is 0.338 e. The van der Waals surface area contributed by atoms with Gasteiger partial charge in [0.25, 0.3) is 0 Å². The van der Waals surface area contributed by atoms with Crippen LogP contribution in [0.2, 0.25) is 0 Å². The molecule has 7 unspecified atom stereocenters. The maximum atomic E-state index is 13.7. The first-order valence-corrected chi connectivity index (χ1v) is 17.3. The Balaban J connectivity index is 1.37. The molecule has 5 fully saturated rings. The predicted molar refractivity (Wildman–Crippen MR) is 166 cm³/mol. The minimum absolute atomic E-state index is 0.000814. The Kier molecular flexibility index (Phi) is 9.27. The van der Waals surface area contributed by atoms with Crippen molar-refractivity contribution in [1.29, 1.82) is 0 Å². The summed E-state index contributed by atoms with van der Waals surface area (Å²) in [5.41, 5.74) is 0.318. The molecule has 7 heteroatoms. The summed E-state index contributed by atoms with van der Waals surface area (Å²) < 4.78 is 24.7. The molecular weight excluding hydrogens is 556 g/mol. The summed E-state index contributed by atoms with van der Waals surface area (Å²) in [5.74, 6) is 1.69. The van der Waals surface area contributed by atoms with Crippen molar-refractivity contribution in [2.75, 3.05) is 13.7 Å². The Morgan fingerprint density at radius 3 is 2.57 bits per heavy atom. The van der Waals surface area contributed by atoms with Gasteiger partial charge in [-0.2, -0.15) is 0 Å². The zero-order valence-electron chi connectivity index (χ0n) is 27.1. The fourth-order valence-corrected chi connectivity index (χ4v) is 10.6. The number of ketones is 1. The van der Waals surface area contributed by atoms with E-state index in [0.29, 0.717) is 54.3 Å². The molecule has 4 aliphatic carbocycles. The van der Waals surface area contributed by atoms with E-state index in [1.54, 1.807) is 0 Å². The first-order valence-electron chi connectivity index (χ1n) is 17.3. The van der Waals surface area contributed by atoms with Gasteiger partial charge in [-0.05, 0) is 111 Å². The van der Waals surface area contributed by atoms with Gasteiger partial charge in [-0.15, -0.1) is 0 Å². The fourth-order valence-electron chi connectivity index (χ4n) is 10.6. The minimum atomic E-state index is -0.262. The van der Waals surface area contributed by atoms with Crippen LogP contribution in [-0.4, -0.2) is 49.9 Å². The SMILES string of the molecule is COC(=O)CCC(C)C1CCC2C3C(C[C@H](OC(=O)c4ccccc4)[C@]12C)[C@@]1(C)CCC(=O)CC1C[C@H]3OC1CCCCO1. The normalized spacial score (nSPS) is 40.7. The van der Waals surface area contributed by atoms with E-state index in [-0.39, 0.29) is 53.1 Å². The quantitative estimate of drug-likeness (QED) is 0.229. The second kappa shape index (κ2) is 12.9. The number of carbonyl (C=O) groups is 3. The molecule has 0 amide bonds. The third-order valence-corrected chi connectivity index (χ3v) is 13.1. The molecule has 4 saturated carbocycles. The molecule has 0 spiro atoms. The lowest BCUT2D eigenvalue weighted by Gasteiger charge is -2.64. The van der Waals surface area contributed by atoms with Crippen molar-refractivity contribution < 1.29 is 33.3 Å². The van der Waals surface area contributed by atoms with E-state index in [4.69, 9.17) is 18.9 Å². The molecular formula is C37H52O7. The largest absolute Gasteiger partial charge is 0.469 e. The summed E-state index contributed by atoms with van der Waals surface area (Å²) in [6.45, 7) is 7.79. The number of methoxy groups -OCH3 is 1. The van der Waals surface area contributed by atoms with Crippen LogP contribution >= 0.6 is 0 Å².